The first-order valence-corrected chi connectivity index (χ1v) is 4.74. The van der Waals surface area contributed by atoms with E-state index in [9.17, 15) is 0 Å². The van der Waals surface area contributed by atoms with Crippen molar-refractivity contribution in [3.05, 3.63) is 0 Å². The predicted molar refractivity (Wildman–Crippen MR) is 44.0 cm³/mol. The van der Waals surface area contributed by atoms with Crippen LogP contribution in [0.25, 0.3) is 0 Å². The highest BCUT2D eigenvalue weighted by molar-refractivity contribution is 8.00. The molecule has 9 heavy (non-hydrogen) atoms. The summed E-state index contributed by atoms with van der Waals surface area (Å²) in [6.45, 7) is 5.61. The molecule has 0 aromatic carbocycles. The van der Waals surface area contributed by atoms with Gasteiger partial charge in [0.2, 0.25) is 0 Å². The second-order valence-corrected chi connectivity index (χ2v) is 4.01. The second kappa shape index (κ2) is 3.47. The number of hydrogen-bond donors (Lipinski definition) is 1. The summed E-state index contributed by atoms with van der Waals surface area (Å²) in [5, 5.41) is 4.31. The monoisotopic (exact) mass is 145 g/mol. The van der Waals surface area contributed by atoms with Crippen molar-refractivity contribution in [2.45, 2.75) is 31.6 Å². The smallest absolute Gasteiger partial charge is 0.0191 e. The standard InChI is InChI=1S/C7H15NS/c1-3-8-7-4-5-9-6(7)2/h6-8H,3-5H2,1-2H3. The second-order valence-electron chi connectivity index (χ2n) is 2.53. The third-order valence-electron chi connectivity index (χ3n) is 1.84. The minimum Gasteiger partial charge on any atom is -0.313 e. The van der Waals surface area contributed by atoms with Crippen LogP contribution in [0.1, 0.15) is 20.3 Å². The fourth-order valence-corrected chi connectivity index (χ4v) is 2.49. The molecule has 0 amide bonds. The highest BCUT2D eigenvalue weighted by Crippen LogP contribution is 2.25. The molecular weight excluding hydrogens is 130 g/mol. The molecule has 1 aliphatic rings. The number of rotatable bonds is 2. The first-order chi connectivity index (χ1) is 4.34. The third kappa shape index (κ3) is 1.87. The van der Waals surface area contributed by atoms with Crippen molar-refractivity contribution in [1.29, 1.82) is 0 Å². The van der Waals surface area contributed by atoms with Gasteiger partial charge in [0.25, 0.3) is 0 Å². The van der Waals surface area contributed by atoms with Gasteiger partial charge in [-0.2, -0.15) is 11.8 Å². The molecule has 54 valence electrons. The number of thioether (sulfide) groups is 1. The molecule has 2 unspecified atom stereocenters. The maximum Gasteiger partial charge on any atom is 0.0191 e. The van der Waals surface area contributed by atoms with E-state index in [0.717, 1.165) is 17.8 Å². The predicted octanol–water partition coefficient (Wildman–Crippen LogP) is 1.49. The minimum absolute atomic E-state index is 0.792. The molecule has 0 radical (unpaired) electrons. The normalized spacial score (nSPS) is 35.3. The summed E-state index contributed by atoms with van der Waals surface area (Å²) in [7, 11) is 0. The van der Waals surface area contributed by atoms with Crippen LogP contribution in [0.2, 0.25) is 0 Å². The van der Waals surface area contributed by atoms with Crippen LogP contribution < -0.4 is 5.32 Å². The highest BCUT2D eigenvalue weighted by atomic mass is 32.2. The molecule has 2 atom stereocenters. The van der Waals surface area contributed by atoms with Crippen molar-refractivity contribution in [3.8, 4) is 0 Å². The molecule has 1 aliphatic heterocycles. The topological polar surface area (TPSA) is 12.0 Å². The summed E-state index contributed by atoms with van der Waals surface area (Å²) in [5.41, 5.74) is 0. The molecule has 1 nitrogen and oxygen atoms in total. The van der Waals surface area contributed by atoms with Crippen molar-refractivity contribution < 1.29 is 0 Å². The van der Waals surface area contributed by atoms with Gasteiger partial charge in [0.15, 0.2) is 0 Å². The van der Waals surface area contributed by atoms with Gasteiger partial charge in [0.1, 0.15) is 0 Å². The Morgan fingerprint density at radius 2 is 2.44 bits per heavy atom. The van der Waals surface area contributed by atoms with Crippen LogP contribution in [0.15, 0.2) is 0 Å². The lowest BCUT2D eigenvalue weighted by Gasteiger charge is -2.13. The van der Waals surface area contributed by atoms with E-state index in [1.165, 1.54) is 12.2 Å². The van der Waals surface area contributed by atoms with Gasteiger partial charge >= 0.3 is 0 Å². The van der Waals surface area contributed by atoms with Gasteiger partial charge in [-0.15, -0.1) is 0 Å². The van der Waals surface area contributed by atoms with Crippen LogP contribution >= 0.6 is 11.8 Å². The molecule has 1 N–H and O–H groups in total. The Morgan fingerprint density at radius 3 is 2.89 bits per heavy atom. The molecule has 0 aromatic heterocycles. The lowest BCUT2D eigenvalue weighted by atomic mass is 10.2. The van der Waals surface area contributed by atoms with E-state index in [1.807, 2.05) is 0 Å². The SMILES string of the molecule is CCNC1CCSC1C. The maximum atomic E-state index is 3.47. The van der Waals surface area contributed by atoms with Crippen LogP contribution in [-0.2, 0) is 0 Å². The maximum absolute atomic E-state index is 3.47. The summed E-state index contributed by atoms with van der Waals surface area (Å²) < 4.78 is 0. The third-order valence-corrected chi connectivity index (χ3v) is 3.17. The summed E-state index contributed by atoms with van der Waals surface area (Å²) in [4.78, 5) is 0. The first-order valence-electron chi connectivity index (χ1n) is 3.69. The van der Waals surface area contributed by atoms with Crippen molar-refractivity contribution in [2.75, 3.05) is 12.3 Å². The highest BCUT2D eigenvalue weighted by Gasteiger charge is 2.21. The van der Waals surface area contributed by atoms with Crippen molar-refractivity contribution in [1.82, 2.24) is 5.32 Å². The van der Waals surface area contributed by atoms with Crippen LogP contribution in [0, 0.1) is 0 Å². The van der Waals surface area contributed by atoms with Gasteiger partial charge < -0.3 is 5.32 Å². The van der Waals surface area contributed by atoms with Crippen LogP contribution in [-0.4, -0.2) is 23.6 Å². The zero-order valence-electron chi connectivity index (χ0n) is 6.18. The molecule has 0 aromatic rings. The van der Waals surface area contributed by atoms with Crippen LogP contribution in [0.3, 0.4) is 0 Å². The summed E-state index contributed by atoms with van der Waals surface area (Å²) in [5.74, 6) is 1.35. The molecule has 0 aliphatic carbocycles. The van der Waals surface area contributed by atoms with Crippen molar-refractivity contribution in [2.24, 2.45) is 0 Å². The Labute approximate surface area is 61.6 Å². The fraction of sp³-hybridized carbons (Fsp3) is 1.00. The molecule has 1 rings (SSSR count). The summed E-state index contributed by atoms with van der Waals surface area (Å²) in [6.07, 6.45) is 1.36. The van der Waals surface area contributed by atoms with Gasteiger partial charge in [-0.05, 0) is 18.7 Å². The molecule has 0 spiro atoms. The first kappa shape index (κ1) is 7.42. The molecular formula is C7H15NS. The molecule has 1 fully saturated rings. The van der Waals surface area contributed by atoms with E-state index in [1.54, 1.807) is 0 Å². The lowest BCUT2D eigenvalue weighted by molar-refractivity contribution is 0.530. The molecule has 0 bridgehead atoms. The van der Waals surface area contributed by atoms with E-state index >= 15 is 0 Å². The minimum atomic E-state index is 0.792. The fourth-order valence-electron chi connectivity index (χ4n) is 1.26. The van der Waals surface area contributed by atoms with Crippen molar-refractivity contribution in [3.63, 3.8) is 0 Å². The van der Waals surface area contributed by atoms with Gasteiger partial charge in [-0.3, -0.25) is 0 Å². The Balaban J connectivity index is 2.22. The van der Waals surface area contributed by atoms with Crippen LogP contribution in [0.5, 0.6) is 0 Å². The Kier molecular flexibility index (Phi) is 2.86. The quantitative estimate of drug-likeness (QED) is 0.632. The van der Waals surface area contributed by atoms with Gasteiger partial charge in [-0.1, -0.05) is 13.8 Å². The van der Waals surface area contributed by atoms with E-state index in [2.05, 4.69) is 30.9 Å². The Morgan fingerprint density at radius 1 is 1.67 bits per heavy atom. The van der Waals surface area contributed by atoms with E-state index < -0.39 is 0 Å². The van der Waals surface area contributed by atoms with E-state index in [4.69, 9.17) is 0 Å². The molecule has 0 saturated carbocycles. The van der Waals surface area contributed by atoms with Crippen molar-refractivity contribution >= 4 is 11.8 Å². The number of hydrogen-bond acceptors (Lipinski definition) is 2. The Bertz CT molecular complexity index is 85.0. The summed E-state index contributed by atoms with van der Waals surface area (Å²) in [6, 6.07) is 0.792. The van der Waals surface area contributed by atoms with Gasteiger partial charge in [-0.25, -0.2) is 0 Å². The average molecular weight is 145 g/mol. The largest absolute Gasteiger partial charge is 0.313 e. The molecule has 1 heterocycles. The average Bonchev–Trinajstić information content (AvgIpc) is 2.18. The molecule has 1 saturated heterocycles. The zero-order chi connectivity index (χ0) is 6.69. The Hall–Kier alpha value is 0.310. The lowest BCUT2D eigenvalue weighted by Crippen LogP contribution is -2.32. The zero-order valence-corrected chi connectivity index (χ0v) is 7.00. The molecule has 2 heteroatoms. The van der Waals surface area contributed by atoms with E-state index in [-0.39, 0.29) is 0 Å². The number of nitrogens with one attached hydrogen (secondary N) is 1. The summed E-state index contributed by atoms with van der Waals surface area (Å²) >= 11 is 2.08. The van der Waals surface area contributed by atoms with Crippen LogP contribution in [0.4, 0.5) is 0 Å². The van der Waals surface area contributed by atoms with Gasteiger partial charge in [0.05, 0.1) is 0 Å². The van der Waals surface area contributed by atoms with Gasteiger partial charge in [0, 0.05) is 11.3 Å². The van der Waals surface area contributed by atoms with E-state index in [0.29, 0.717) is 0 Å².